The SMILES string of the molecule is O=C(NCCN1CCC(c2cccs2)CC1)C(=O)Nc1cccc(F)c1. The lowest BCUT2D eigenvalue weighted by Gasteiger charge is -2.31. The summed E-state index contributed by atoms with van der Waals surface area (Å²) >= 11 is 1.81. The van der Waals surface area contributed by atoms with E-state index in [4.69, 9.17) is 0 Å². The molecule has 1 aromatic carbocycles. The van der Waals surface area contributed by atoms with Gasteiger partial charge in [0.05, 0.1) is 0 Å². The van der Waals surface area contributed by atoms with E-state index in [1.807, 2.05) is 11.3 Å². The molecule has 0 saturated carbocycles. The van der Waals surface area contributed by atoms with Gasteiger partial charge in [0.2, 0.25) is 0 Å². The molecule has 2 aromatic rings. The van der Waals surface area contributed by atoms with Crippen LogP contribution < -0.4 is 10.6 Å². The van der Waals surface area contributed by atoms with Crippen LogP contribution in [0.5, 0.6) is 0 Å². The van der Waals surface area contributed by atoms with Crippen molar-refractivity contribution >= 4 is 28.8 Å². The number of anilines is 1. The Morgan fingerprint density at radius 2 is 1.96 bits per heavy atom. The molecule has 2 N–H and O–H groups in total. The van der Waals surface area contributed by atoms with E-state index in [0.717, 1.165) is 32.5 Å². The molecule has 26 heavy (non-hydrogen) atoms. The van der Waals surface area contributed by atoms with Gasteiger partial charge in [-0.15, -0.1) is 11.3 Å². The van der Waals surface area contributed by atoms with Crippen LogP contribution in [-0.2, 0) is 9.59 Å². The Labute approximate surface area is 156 Å². The van der Waals surface area contributed by atoms with Crippen LogP contribution in [0.25, 0.3) is 0 Å². The summed E-state index contributed by atoms with van der Waals surface area (Å²) in [5.41, 5.74) is 0.265. The Balaban J connectivity index is 1.35. The number of amides is 2. The lowest BCUT2D eigenvalue weighted by Crippen LogP contribution is -2.42. The second-order valence-electron chi connectivity index (χ2n) is 6.35. The fourth-order valence-corrected chi connectivity index (χ4v) is 4.03. The molecule has 1 aliphatic heterocycles. The number of thiophene rings is 1. The van der Waals surface area contributed by atoms with Crippen LogP contribution in [0.2, 0.25) is 0 Å². The molecule has 5 nitrogen and oxygen atoms in total. The van der Waals surface area contributed by atoms with Gasteiger partial charge in [-0.3, -0.25) is 9.59 Å². The van der Waals surface area contributed by atoms with Gasteiger partial charge in [-0.2, -0.15) is 0 Å². The smallest absolute Gasteiger partial charge is 0.313 e. The predicted octanol–water partition coefficient (Wildman–Crippen LogP) is 2.82. The number of hydrogen-bond acceptors (Lipinski definition) is 4. The molecule has 3 rings (SSSR count). The first kappa shape index (κ1) is 18.5. The minimum Gasteiger partial charge on any atom is -0.347 e. The van der Waals surface area contributed by atoms with Crippen LogP contribution in [0.4, 0.5) is 10.1 Å². The molecule has 1 saturated heterocycles. The van der Waals surface area contributed by atoms with Gasteiger partial charge in [0.25, 0.3) is 0 Å². The zero-order chi connectivity index (χ0) is 18.4. The van der Waals surface area contributed by atoms with Crippen LogP contribution >= 0.6 is 11.3 Å². The van der Waals surface area contributed by atoms with Crippen LogP contribution in [0.15, 0.2) is 41.8 Å². The van der Waals surface area contributed by atoms with Crippen molar-refractivity contribution in [3.8, 4) is 0 Å². The molecule has 0 bridgehead atoms. The molecule has 138 valence electrons. The zero-order valence-corrected chi connectivity index (χ0v) is 15.2. The van der Waals surface area contributed by atoms with Gasteiger partial charge in [0, 0.05) is 23.7 Å². The molecule has 1 aliphatic rings. The first-order chi connectivity index (χ1) is 12.6. The molecule has 0 atom stereocenters. The second kappa shape index (κ2) is 8.91. The normalized spacial score (nSPS) is 15.6. The maximum Gasteiger partial charge on any atom is 0.313 e. The average molecular weight is 375 g/mol. The predicted molar refractivity (Wildman–Crippen MR) is 101 cm³/mol. The van der Waals surface area contributed by atoms with Gasteiger partial charge in [-0.25, -0.2) is 4.39 Å². The number of halogens is 1. The Hall–Kier alpha value is -2.25. The van der Waals surface area contributed by atoms with Crippen molar-refractivity contribution in [1.82, 2.24) is 10.2 Å². The maximum atomic E-state index is 13.1. The Kier molecular flexibility index (Phi) is 6.35. The van der Waals surface area contributed by atoms with E-state index in [-0.39, 0.29) is 5.69 Å². The molecular formula is C19H22FN3O2S. The maximum absolute atomic E-state index is 13.1. The summed E-state index contributed by atoms with van der Waals surface area (Å²) < 4.78 is 13.1. The van der Waals surface area contributed by atoms with Gasteiger partial charge < -0.3 is 15.5 Å². The van der Waals surface area contributed by atoms with E-state index >= 15 is 0 Å². The second-order valence-corrected chi connectivity index (χ2v) is 7.33. The Morgan fingerprint density at radius 1 is 1.15 bits per heavy atom. The fraction of sp³-hybridized carbons (Fsp3) is 0.368. The summed E-state index contributed by atoms with van der Waals surface area (Å²) in [6, 6.07) is 9.74. The van der Waals surface area contributed by atoms with Gasteiger partial charge in [-0.05, 0) is 61.5 Å². The van der Waals surface area contributed by atoms with Crippen molar-refractivity contribution in [1.29, 1.82) is 0 Å². The van der Waals surface area contributed by atoms with E-state index in [2.05, 4.69) is 33.0 Å². The minimum atomic E-state index is -0.785. The largest absolute Gasteiger partial charge is 0.347 e. The number of nitrogens with one attached hydrogen (secondary N) is 2. The van der Waals surface area contributed by atoms with Crippen molar-refractivity contribution in [3.63, 3.8) is 0 Å². The highest BCUT2D eigenvalue weighted by Gasteiger charge is 2.21. The quantitative estimate of drug-likeness (QED) is 0.790. The summed E-state index contributed by atoms with van der Waals surface area (Å²) in [4.78, 5) is 27.4. The first-order valence-corrected chi connectivity index (χ1v) is 9.60. The highest BCUT2D eigenvalue weighted by molar-refractivity contribution is 7.10. The molecular weight excluding hydrogens is 353 g/mol. The van der Waals surface area contributed by atoms with Crippen LogP contribution in [0.3, 0.4) is 0 Å². The highest BCUT2D eigenvalue weighted by Crippen LogP contribution is 2.30. The minimum absolute atomic E-state index is 0.265. The summed E-state index contributed by atoms with van der Waals surface area (Å²) in [7, 11) is 0. The number of rotatable bonds is 5. The van der Waals surface area contributed by atoms with Crippen LogP contribution in [0, 0.1) is 5.82 Å². The molecule has 2 heterocycles. The van der Waals surface area contributed by atoms with Crippen molar-refractivity contribution < 1.29 is 14.0 Å². The van der Waals surface area contributed by atoms with Gasteiger partial charge in [0.15, 0.2) is 0 Å². The molecule has 1 aromatic heterocycles. The van der Waals surface area contributed by atoms with Crippen molar-refractivity contribution in [2.75, 3.05) is 31.5 Å². The van der Waals surface area contributed by atoms with Crippen molar-refractivity contribution in [3.05, 3.63) is 52.5 Å². The third-order valence-corrected chi connectivity index (χ3v) is 5.57. The number of carbonyl (C=O) groups excluding carboxylic acids is 2. The highest BCUT2D eigenvalue weighted by atomic mass is 32.1. The zero-order valence-electron chi connectivity index (χ0n) is 14.4. The van der Waals surface area contributed by atoms with E-state index in [0.29, 0.717) is 12.5 Å². The summed E-state index contributed by atoms with van der Waals surface area (Å²) in [5, 5.41) is 7.13. The molecule has 0 unspecified atom stereocenters. The molecule has 0 aliphatic carbocycles. The lowest BCUT2D eigenvalue weighted by molar-refractivity contribution is -0.136. The van der Waals surface area contributed by atoms with E-state index in [1.54, 1.807) is 0 Å². The number of piperidine rings is 1. The number of benzene rings is 1. The van der Waals surface area contributed by atoms with Gasteiger partial charge in [-0.1, -0.05) is 12.1 Å². The monoisotopic (exact) mass is 375 g/mol. The lowest BCUT2D eigenvalue weighted by atomic mass is 9.95. The summed E-state index contributed by atoms with van der Waals surface area (Å²) in [5.74, 6) is -1.32. The van der Waals surface area contributed by atoms with Crippen molar-refractivity contribution in [2.45, 2.75) is 18.8 Å². The van der Waals surface area contributed by atoms with E-state index in [9.17, 15) is 14.0 Å². The fourth-order valence-electron chi connectivity index (χ4n) is 3.13. The molecule has 0 spiro atoms. The third-order valence-electron chi connectivity index (χ3n) is 4.54. The summed E-state index contributed by atoms with van der Waals surface area (Å²) in [6.07, 6.45) is 2.24. The number of nitrogens with zero attached hydrogens (tertiary/aromatic N) is 1. The number of likely N-dealkylation sites (tertiary alicyclic amines) is 1. The molecule has 1 fully saturated rings. The Bertz CT molecular complexity index is 743. The Morgan fingerprint density at radius 3 is 2.65 bits per heavy atom. The standard InChI is InChI=1S/C19H22FN3O2S/c20-15-3-1-4-16(13-15)22-19(25)18(24)21-8-11-23-9-6-14(7-10-23)17-5-2-12-26-17/h1-5,12-14H,6-11H2,(H,21,24)(H,22,25). The van der Waals surface area contributed by atoms with Crippen molar-refractivity contribution in [2.24, 2.45) is 0 Å². The topological polar surface area (TPSA) is 61.4 Å². The van der Waals surface area contributed by atoms with E-state index in [1.165, 1.54) is 29.1 Å². The summed E-state index contributed by atoms with van der Waals surface area (Å²) in [6.45, 7) is 3.12. The van der Waals surface area contributed by atoms with Crippen LogP contribution in [-0.4, -0.2) is 42.9 Å². The third kappa shape index (κ3) is 5.12. The van der Waals surface area contributed by atoms with Gasteiger partial charge in [0.1, 0.15) is 5.82 Å². The van der Waals surface area contributed by atoms with Gasteiger partial charge >= 0.3 is 11.8 Å². The molecule has 7 heteroatoms. The first-order valence-electron chi connectivity index (χ1n) is 8.72. The number of carbonyl (C=O) groups is 2. The van der Waals surface area contributed by atoms with Crippen LogP contribution in [0.1, 0.15) is 23.6 Å². The van der Waals surface area contributed by atoms with E-state index < -0.39 is 17.6 Å². The molecule has 2 amide bonds. The average Bonchev–Trinajstić information content (AvgIpc) is 3.17. The number of hydrogen-bond donors (Lipinski definition) is 2. The molecule has 0 radical (unpaired) electrons.